The average Bonchev–Trinajstić information content (AvgIpc) is 2.51. The van der Waals surface area contributed by atoms with Crippen LogP contribution in [0.3, 0.4) is 0 Å². The normalized spacial score (nSPS) is 10.4. The van der Waals surface area contributed by atoms with Crippen molar-refractivity contribution in [1.82, 2.24) is 0 Å². The second-order valence-electron chi connectivity index (χ2n) is 3.42. The Morgan fingerprint density at radius 1 is 1.41 bits per heavy atom. The monoisotopic (exact) mass is 251 g/mol. The fourth-order valence-electron chi connectivity index (χ4n) is 1.60. The van der Waals surface area contributed by atoms with Crippen molar-refractivity contribution in [3.63, 3.8) is 0 Å². The topological polar surface area (TPSA) is 89.6 Å². The Morgan fingerprint density at radius 3 is 2.76 bits per heavy atom. The second-order valence-corrected chi connectivity index (χ2v) is 4.68. The highest BCUT2D eigenvalue weighted by Crippen LogP contribution is 2.33. The van der Waals surface area contributed by atoms with Crippen LogP contribution < -0.4 is 5.73 Å². The fraction of sp³-hybridized carbons (Fsp3) is 0.0909. The van der Waals surface area contributed by atoms with Gasteiger partial charge >= 0.3 is 12.1 Å². The van der Waals surface area contributed by atoms with Gasteiger partial charge in [-0.2, -0.15) is 0 Å². The summed E-state index contributed by atoms with van der Waals surface area (Å²) in [5.74, 6) is -0.652. The predicted octanol–water partition coefficient (Wildman–Crippen LogP) is 2.15. The van der Waals surface area contributed by atoms with Gasteiger partial charge in [-0.3, -0.25) is 0 Å². The van der Waals surface area contributed by atoms with E-state index >= 15 is 0 Å². The van der Waals surface area contributed by atoms with Crippen molar-refractivity contribution >= 4 is 33.5 Å². The van der Waals surface area contributed by atoms with Crippen LogP contribution in [0.1, 0.15) is 15.2 Å². The minimum atomic E-state index is -1.13. The highest BCUT2D eigenvalue weighted by Gasteiger charge is 2.19. The Bertz CT molecular complexity index is 617. The first-order valence-electron chi connectivity index (χ1n) is 4.73. The molecule has 0 radical (unpaired) electrons. The third-order valence-corrected chi connectivity index (χ3v) is 3.32. The molecule has 1 heterocycles. The van der Waals surface area contributed by atoms with Crippen molar-refractivity contribution in [2.24, 2.45) is 5.73 Å². The summed E-state index contributed by atoms with van der Waals surface area (Å²) in [5, 5.41) is 9.97. The van der Waals surface area contributed by atoms with E-state index < -0.39 is 12.1 Å². The quantitative estimate of drug-likeness (QED) is 0.600. The Balaban J connectivity index is 2.57. The van der Waals surface area contributed by atoms with Gasteiger partial charge in [0, 0.05) is 15.0 Å². The lowest BCUT2D eigenvalue weighted by Gasteiger charge is -1.99. The van der Waals surface area contributed by atoms with Crippen LogP contribution in [0.15, 0.2) is 18.2 Å². The number of hydrogen-bond donors (Lipinski definition) is 2. The molecule has 0 unspecified atom stereocenters. The van der Waals surface area contributed by atoms with Gasteiger partial charge in [0.2, 0.25) is 0 Å². The summed E-state index contributed by atoms with van der Waals surface area (Å²) >= 11 is 1.34. The summed E-state index contributed by atoms with van der Waals surface area (Å²) in [6, 6.07) is 4.62. The molecule has 0 saturated heterocycles. The number of phenolic OH excluding ortho intramolecular Hbond substituents is 1. The van der Waals surface area contributed by atoms with Gasteiger partial charge in [-0.05, 0) is 25.1 Å². The van der Waals surface area contributed by atoms with E-state index in [-0.39, 0.29) is 5.75 Å². The van der Waals surface area contributed by atoms with Crippen LogP contribution in [-0.4, -0.2) is 17.2 Å². The molecular formula is C11H9NO4S. The number of nitrogens with two attached hydrogens (primary N) is 1. The lowest BCUT2D eigenvalue weighted by molar-refractivity contribution is 0.0640. The van der Waals surface area contributed by atoms with Gasteiger partial charge in [0.15, 0.2) is 0 Å². The lowest BCUT2D eigenvalue weighted by atomic mass is 10.1. The summed E-state index contributed by atoms with van der Waals surface area (Å²) in [5.41, 5.74) is 5.11. The summed E-state index contributed by atoms with van der Waals surface area (Å²) < 4.78 is 5.11. The maximum atomic E-state index is 11.7. The summed E-state index contributed by atoms with van der Waals surface area (Å²) in [6.45, 7) is 1.74. The molecule has 88 valence electrons. The molecule has 5 nitrogen and oxygen atoms in total. The maximum absolute atomic E-state index is 11.7. The minimum Gasteiger partial charge on any atom is -0.508 e. The Kier molecular flexibility index (Phi) is 2.72. The molecule has 1 aromatic carbocycles. The van der Waals surface area contributed by atoms with Crippen LogP contribution in [0, 0.1) is 6.92 Å². The van der Waals surface area contributed by atoms with Crippen LogP contribution in [0.2, 0.25) is 0 Å². The van der Waals surface area contributed by atoms with Crippen molar-refractivity contribution in [1.29, 1.82) is 0 Å². The zero-order chi connectivity index (χ0) is 12.6. The molecule has 17 heavy (non-hydrogen) atoms. The second kappa shape index (κ2) is 4.06. The first kappa shape index (κ1) is 11.4. The van der Waals surface area contributed by atoms with Crippen molar-refractivity contribution < 1.29 is 19.4 Å². The van der Waals surface area contributed by atoms with Gasteiger partial charge in [0.05, 0.1) is 5.56 Å². The first-order valence-corrected chi connectivity index (χ1v) is 5.54. The maximum Gasteiger partial charge on any atom is 0.412 e. The van der Waals surface area contributed by atoms with Crippen LogP contribution in [0.25, 0.3) is 10.1 Å². The van der Waals surface area contributed by atoms with Crippen LogP contribution >= 0.6 is 11.3 Å². The number of hydrogen-bond acceptors (Lipinski definition) is 5. The standard InChI is InChI=1S/C11H9NO4S/c1-5-9(10(14)16-11(12)15)7-3-2-6(13)4-8(7)17-5/h2-4,13H,1H3,(H2,12,15). The molecule has 1 amide bonds. The molecule has 0 fully saturated rings. The Labute approximate surface area is 100 Å². The molecule has 2 aromatic rings. The number of thiophene rings is 1. The van der Waals surface area contributed by atoms with E-state index in [2.05, 4.69) is 4.74 Å². The van der Waals surface area contributed by atoms with E-state index in [0.717, 1.165) is 4.70 Å². The van der Waals surface area contributed by atoms with E-state index in [0.29, 0.717) is 15.8 Å². The smallest absolute Gasteiger partial charge is 0.412 e. The molecule has 0 aliphatic carbocycles. The number of carbonyl (C=O) groups is 2. The molecule has 6 heteroatoms. The third-order valence-electron chi connectivity index (χ3n) is 2.25. The number of ether oxygens (including phenoxy) is 1. The Hall–Kier alpha value is -2.08. The minimum absolute atomic E-state index is 0.119. The number of phenols is 1. The first-order chi connectivity index (χ1) is 7.99. The number of fused-ring (bicyclic) bond motifs is 1. The number of amides is 1. The van der Waals surface area contributed by atoms with Gasteiger partial charge in [0.25, 0.3) is 0 Å². The number of carbonyl (C=O) groups excluding carboxylic acids is 2. The zero-order valence-corrected chi connectivity index (χ0v) is 9.71. The highest BCUT2D eigenvalue weighted by molar-refractivity contribution is 7.19. The van der Waals surface area contributed by atoms with Crippen LogP contribution in [0.4, 0.5) is 4.79 Å². The Morgan fingerprint density at radius 2 is 2.12 bits per heavy atom. The number of primary amides is 1. The van der Waals surface area contributed by atoms with Gasteiger partial charge in [-0.15, -0.1) is 11.3 Å². The van der Waals surface area contributed by atoms with Gasteiger partial charge in [-0.25, -0.2) is 9.59 Å². The molecule has 0 aliphatic heterocycles. The van der Waals surface area contributed by atoms with E-state index in [1.54, 1.807) is 19.1 Å². The number of rotatable bonds is 1. The molecule has 0 spiro atoms. The lowest BCUT2D eigenvalue weighted by Crippen LogP contribution is -2.18. The summed E-state index contributed by atoms with van der Waals surface area (Å²) in [4.78, 5) is 22.9. The van der Waals surface area contributed by atoms with Gasteiger partial charge in [0.1, 0.15) is 5.75 Å². The van der Waals surface area contributed by atoms with Crippen molar-refractivity contribution in [3.05, 3.63) is 28.6 Å². The molecular weight excluding hydrogens is 242 g/mol. The SMILES string of the molecule is Cc1sc2cc(O)ccc2c1C(=O)OC(N)=O. The number of benzene rings is 1. The number of aryl methyl sites for hydroxylation is 1. The molecule has 2 rings (SSSR count). The van der Waals surface area contributed by atoms with Crippen molar-refractivity contribution in [2.45, 2.75) is 6.92 Å². The van der Waals surface area contributed by atoms with Gasteiger partial charge in [-0.1, -0.05) is 0 Å². The van der Waals surface area contributed by atoms with E-state index in [4.69, 9.17) is 5.73 Å². The molecule has 0 saturated carbocycles. The largest absolute Gasteiger partial charge is 0.508 e. The molecule has 0 bridgehead atoms. The van der Waals surface area contributed by atoms with Crippen molar-refractivity contribution in [3.8, 4) is 5.75 Å². The van der Waals surface area contributed by atoms with Crippen LogP contribution in [0.5, 0.6) is 5.75 Å². The molecule has 0 aliphatic rings. The van der Waals surface area contributed by atoms with E-state index in [1.165, 1.54) is 17.4 Å². The summed E-state index contributed by atoms with van der Waals surface area (Å²) in [6.07, 6.45) is -1.13. The molecule has 3 N–H and O–H groups in total. The molecule has 1 aromatic heterocycles. The van der Waals surface area contributed by atoms with Crippen LogP contribution in [-0.2, 0) is 4.74 Å². The number of esters is 1. The third kappa shape index (κ3) is 2.07. The van der Waals surface area contributed by atoms with Gasteiger partial charge < -0.3 is 15.6 Å². The predicted molar refractivity (Wildman–Crippen MR) is 63.2 cm³/mol. The van der Waals surface area contributed by atoms with E-state index in [1.807, 2.05) is 0 Å². The van der Waals surface area contributed by atoms with E-state index in [9.17, 15) is 14.7 Å². The molecule has 0 atom stereocenters. The highest BCUT2D eigenvalue weighted by atomic mass is 32.1. The fourth-order valence-corrected chi connectivity index (χ4v) is 2.69. The average molecular weight is 251 g/mol. The number of aromatic hydroxyl groups is 1. The zero-order valence-electron chi connectivity index (χ0n) is 8.89. The summed E-state index contributed by atoms with van der Waals surface area (Å²) in [7, 11) is 0. The van der Waals surface area contributed by atoms with Crippen molar-refractivity contribution in [2.75, 3.05) is 0 Å².